The Morgan fingerprint density at radius 3 is 1.58 bits per heavy atom. The lowest BCUT2D eigenvalue weighted by molar-refractivity contribution is 0.590. The van der Waals surface area contributed by atoms with Crippen molar-refractivity contribution >= 4 is 72.0 Å². The highest BCUT2D eigenvalue weighted by molar-refractivity contribution is 8.34. The van der Waals surface area contributed by atoms with Crippen LogP contribution in [0.3, 0.4) is 0 Å². The molecule has 0 fully saturated rings. The lowest BCUT2D eigenvalue weighted by Crippen LogP contribution is -2.60. The van der Waals surface area contributed by atoms with E-state index in [0.29, 0.717) is 0 Å². The Kier molecular flexibility index (Phi) is 9.22. The number of rotatable bonds is 6. The van der Waals surface area contributed by atoms with Crippen LogP contribution in [0, 0.1) is 0 Å². The van der Waals surface area contributed by atoms with Crippen LogP contribution in [-0.2, 0) is 10.8 Å². The van der Waals surface area contributed by atoms with E-state index in [-0.39, 0.29) is 17.5 Å². The molecule has 10 aromatic rings. The van der Waals surface area contributed by atoms with Gasteiger partial charge in [-0.3, -0.25) is 0 Å². The van der Waals surface area contributed by atoms with Crippen molar-refractivity contribution in [2.45, 2.75) is 72.0 Å². The summed E-state index contributed by atoms with van der Waals surface area (Å²) in [6.07, 6.45) is 0. The summed E-state index contributed by atoms with van der Waals surface area (Å²) in [5.74, 6) is 0. The molecular weight excluding hydrogens is 816 g/mol. The predicted molar refractivity (Wildman–Crippen MR) is 283 cm³/mol. The molecule has 0 amide bonds. The molecule has 2 aliphatic heterocycles. The summed E-state index contributed by atoms with van der Waals surface area (Å²) < 4.78 is 2.61. The first-order chi connectivity index (χ1) is 32.0. The zero-order chi connectivity index (χ0) is 45.0. The van der Waals surface area contributed by atoms with E-state index in [0.717, 1.165) is 0 Å². The minimum atomic E-state index is -1.91. The molecule has 0 saturated carbocycles. The number of benzene rings is 9. The monoisotopic (exact) mass is 868 g/mol. The molecule has 3 heterocycles. The summed E-state index contributed by atoms with van der Waals surface area (Å²) in [7, 11) is -1.91. The average molecular weight is 869 g/mol. The van der Waals surface area contributed by atoms with Gasteiger partial charge in [-0.25, -0.2) is 0 Å². The lowest BCUT2D eigenvalue weighted by atomic mass is 9.33. The Morgan fingerprint density at radius 2 is 0.939 bits per heavy atom. The molecule has 4 heteroatoms. The molecule has 66 heavy (non-hydrogen) atoms. The fraction of sp³-hybridized carbons (Fsp3) is 0.129. The molecule has 0 N–H and O–H groups in total. The van der Waals surface area contributed by atoms with Crippen molar-refractivity contribution < 1.29 is 0 Å². The Morgan fingerprint density at radius 1 is 0.394 bits per heavy atom. The smallest absolute Gasteiger partial charge is 0.252 e. The third-order valence-corrected chi connectivity index (χ3v) is 18.1. The fourth-order valence-electron chi connectivity index (χ4n) is 11.0. The Bertz CT molecular complexity index is 3390. The standard InChI is InChI=1S/C62H53BN2S/c1-61(2,3)44-32-35-46(36-33-44)64-56-31-17-16-29-53(56)63-54-30-19-28-51-52-41-45(62(4,5)6)34-37-55(52)65(60(51)54)58-40-43(39-57(64)59(58)63)42-20-18-27-50(38-42)66(47-21-10-7-11-22-47,48-23-12-8-13-24-48)49-25-14-9-15-26-49/h7-41H,1-6H3. The van der Waals surface area contributed by atoms with Gasteiger partial charge in [0.1, 0.15) is 0 Å². The second-order valence-corrected chi connectivity index (χ2v) is 23.3. The molecule has 0 unspecified atom stereocenters. The highest BCUT2D eigenvalue weighted by Crippen LogP contribution is 2.73. The summed E-state index contributed by atoms with van der Waals surface area (Å²) in [6, 6.07) is 80.8. The summed E-state index contributed by atoms with van der Waals surface area (Å²) >= 11 is 0. The molecule has 12 rings (SSSR count). The first-order valence-corrected chi connectivity index (χ1v) is 25.0. The predicted octanol–water partition coefficient (Wildman–Crippen LogP) is 15.0. The molecule has 0 radical (unpaired) electrons. The molecule has 0 saturated heterocycles. The summed E-state index contributed by atoms with van der Waals surface area (Å²) in [5, 5.41) is 2.62. The van der Waals surface area contributed by atoms with Crippen LogP contribution in [0.25, 0.3) is 38.6 Å². The van der Waals surface area contributed by atoms with Gasteiger partial charge < -0.3 is 9.47 Å². The van der Waals surface area contributed by atoms with E-state index in [1.165, 1.54) is 103 Å². The Hall–Kier alpha value is -7.01. The minimum absolute atomic E-state index is 0.0214. The van der Waals surface area contributed by atoms with Crippen molar-refractivity contribution in [3.8, 4) is 16.8 Å². The minimum Gasteiger partial charge on any atom is -0.311 e. The topological polar surface area (TPSA) is 8.17 Å². The molecular formula is C62H53BN2S. The van der Waals surface area contributed by atoms with Crippen molar-refractivity contribution in [3.63, 3.8) is 0 Å². The van der Waals surface area contributed by atoms with Gasteiger partial charge in [-0.1, -0.05) is 163 Å². The number of nitrogens with zero attached hydrogens (tertiary/aromatic N) is 2. The maximum atomic E-state index is 2.61. The van der Waals surface area contributed by atoms with Crippen molar-refractivity contribution in [1.29, 1.82) is 0 Å². The van der Waals surface area contributed by atoms with Gasteiger partial charge in [0.15, 0.2) is 0 Å². The molecule has 2 aliphatic rings. The first kappa shape index (κ1) is 40.5. The molecule has 0 spiro atoms. The number of hydrogen-bond acceptors (Lipinski definition) is 1. The molecule has 1 aromatic heterocycles. The van der Waals surface area contributed by atoms with Crippen LogP contribution in [0.5, 0.6) is 0 Å². The van der Waals surface area contributed by atoms with Gasteiger partial charge in [0.25, 0.3) is 6.71 Å². The van der Waals surface area contributed by atoms with E-state index in [9.17, 15) is 0 Å². The Labute approximate surface area is 391 Å². The highest BCUT2D eigenvalue weighted by Gasteiger charge is 2.42. The molecule has 0 bridgehead atoms. The summed E-state index contributed by atoms with van der Waals surface area (Å²) in [4.78, 5) is 7.80. The van der Waals surface area contributed by atoms with E-state index < -0.39 is 10.0 Å². The van der Waals surface area contributed by atoms with Gasteiger partial charge in [-0.2, -0.15) is 0 Å². The lowest BCUT2D eigenvalue weighted by Gasteiger charge is -2.42. The van der Waals surface area contributed by atoms with Crippen molar-refractivity contribution in [1.82, 2.24) is 4.57 Å². The van der Waals surface area contributed by atoms with E-state index in [1.54, 1.807) is 0 Å². The van der Waals surface area contributed by atoms with E-state index in [1.807, 2.05) is 0 Å². The molecule has 0 aliphatic carbocycles. The summed E-state index contributed by atoms with van der Waals surface area (Å²) in [5.41, 5.74) is 16.6. The number of hydrogen-bond donors (Lipinski definition) is 0. The number of fused-ring (bicyclic) bond motifs is 7. The second kappa shape index (κ2) is 15.0. The van der Waals surface area contributed by atoms with Gasteiger partial charge in [0, 0.05) is 58.6 Å². The largest absolute Gasteiger partial charge is 0.311 e. The zero-order valence-electron chi connectivity index (χ0n) is 38.6. The fourth-order valence-corrected chi connectivity index (χ4v) is 14.9. The molecule has 320 valence electrons. The van der Waals surface area contributed by atoms with Crippen LogP contribution in [0.4, 0.5) is 17.1 Å². The van der Waals surface area contributed by atoms with Gasteiger partial charge >= 0.3 is 0 Å². The van der Waals surface area contributed by atoms with Gasteiger partial charge in [0.2, 0.25) is 0 Å². The second-order valence-electron chi connectivity index (χ2n) is 20.2. The number of aromatic nitrogens is 1. The maximum Gasteiger partial charge on any atom is 0.252 e. The molecule has 0 atom stereocenters. The average Bonchev–Trinajstić information content (AvgIpc) is 3.68. The zero-order valence-corrected chi connectivity index (χ0v) is 39.4. The first-order valence-electron chi connectivity index (χ1n) is 23.4. The summed E-state index contributed by atoms with van der Waals surface area (Å²) in [6.45, 7) is 13.9. The van der Waals surface area contributed by atoms with Crippen molar-refractivity contribution in [3.05, 3.63) is 223 Å². The quantitative estimate of drug-likeness (QED) is 0.151. The van der Waals surface area contributed by atoms with Gasteiger partial charge in [0.05, 0.1) is 5.52 Å². The normalized spacial score (nSPS) is 13.5. The van der Waals surface area contributed by atoms with Crippen molar-refractivity contribution in [2.24, 2.45) is 0 Å². The van der Waals surface area contributed by atoms with Crippen molar-refractivity contribution in [2.75, 3.05) is 4.90 Å². The van der Waals surface area contributed by atoms with Crippen LogP contribution in [-0.4, -0.2) is 11.3 Å². The van der Waals surface area contributed by atoms with E-state index in [2.05, 4.69) is 263 Å². The van der Waals surface area contributed by atoms with Crippen LogP contribution < -0.4 is 21.3 Å². The van der Waals surface area contributed by atoms with Crippen LogP contribution in [0.15, 0.2) is 232 Å². The number of para-hydroxylation sites is 2. The maximum absolute atomic E-state index is 2.61. The molecule has 2 nitrogen and oxygen atoms in total. The highest BCUT2D eigenvalue weighted by atomic mass is 32.3. The molecule has 9 aromatic carbocycles. The number of anilines is 3. The third kappa shape index (κ3) is 6.11. The van der Waals surface area contributed by atoms with E-state index >= 15 is 0 Å². The van der Waals surface area contributed by atoms with Gasteiger partial charge in [-0.15, -0.1) is 10.0 Å². The van der Waals surface area contributed by atoms with Gasteiger partial charge in [-0.05, 0) is 140 Å². The Balaban J connectivity index is 1.18. The van der Waals surface area contributed by atoms with Crippen LogP contribution in [0.1, 0.15) is 52.7 Å². The third-order valence-electron chi connectivity index (χ3n) is 14.2. The van der Waals surface area contributed by atoms with Crippen LogP contribution in [0.2, 0.25) is 0 Å². The van der Waals surface area contributed by atoms with Crippen LogP contribution >= 0.6 is 10.0 Å². The van der Waals surface area contributed by atoms with E-state index in [4.69, 9.17) is 0 Å². The SMILES string of the molecule is CC(C)(C)c1ccc(N2c3ccccc3B3c4c2cc(-c2cccc(S(c5ccccc5)(c5ccccc5)c5ccccc5)c2)cc4-n2c4ccc(C(C)(C)C)cc4c4cccc3c42)cc1.